The van der Waals surface area contributed by atoms with Gasteiger partial charge in [-0.05, 0) is 45.5 Å². The average molecular weight is 246 g/mol. The SMILES string of the molecule is CO/N=C/C1(c2ccc(C)cc2)CCN(C)CC1. The molecule has 0 unspecified atom stereocenters. The van der Waals surface area contributed by atoms with Crippen LogP contribution in [0.2, 0.25) is 0 Å². The lowest BCUT2D eigenvalue weighted by atomic mass is 9.73. The molecule has 0 aliphatic carbocycles. The van der Waals surface area contributed by atoms with Crippen molar-refractivity contribution in [2.45, 2.75) is 25.2 Å². The number of aryl methyl sites for hydroxylation is 1. The van der Waals surface area contributed by atoms with Crippen LogP contribution in [-0.4, -0.2) is 38.4 Å². The number of nitrogens with zero attached hydrogens (tertiary/aromatic N) is 2. The van der Waals surface area contributed by atoms with Crippen LogP contribution in [0.25, 0.3) is 0 Å². The predicted octanol–water partition coefficient (Wildman–Crippen LogP) is 2.59. The molecule has 1 aliphatic rings. The number of likely N-dealkylation sites (tertiary alicyclic amines) is 1. The van der Waals surface area contributed by atoms with Gasteiger partial charge in [-0.3, -0.25) is 0 Å². The van der Waals surface area contributed by atoms with Crippen LogP contribution in [0.3, 0.4) is 0 Å². The molecule has 1 saturated heterocycles. The summed E-state index contributed by atoms with van der Waals surface area (Å²) in [6.07, 6.45) is 4.18. The lowest BCUT2D eigenvalue weighted by molar-refractivity contribution is 0.200. The van der Waals surface area contributed by atoms with E-state index in [0.717, 1.165) is 25.9 Å². The Bertz CT molecular complexity index is 403. The lowest BCUT2D eigenvalue weighted by Crippen LogP contribution is -2.42. The zero-order valence-corrected chi connectivity index (χ0v) is 11.5. The molecule has 3 nitrogen and oxygen atoms in total. The fourth-order valence-corrected chi connectivity index (χ4v) is 2.55. The van der Waals surface area contributed by atoms with Crippen LogP contribution in [-0.2, 0) is 10.3 Å². The number of piperidine rings is 1. The lowest BCUT2D eigenvalue weighted by Gasteiger charge is -2.38. The Hall–Kier alpha value is -1.35. The van der Waals surface area contributed by atoms with Crippen LogP contribution >= 0.6 is 0 Å². The maximum absolute atomic E-state index is 4.90. The minimum Gasteiger partial charge on any atom is -0.399 e. The molecule has 0 spiro atoms. The van der Waals surface area contributed by atoms with Crippen LogP contribution in [0.1, 0.15) is 24.0 Å². The van der Waals surface area contributed by atoms with Crippen LogP contribution in [0.15, 0.2) is 29.4 Å². The molecule has 2 rings (SSSR count). The van der Waals surface area contributed by atoms with Gasteiger partial charge in [-0.2, -0.15) is 0 Å². The third-order valence-electron chi connectivity index (χ3n) is 3.91. The number of hydrogen-bond donors (Lipinski definition) is 0. The molecule has 0 bridgehead atoms. The van der Waals surface area contributed by atoms with E-state index in [4.69, 9.17) is 4.84 Å². The first-order chi connectivity index (χ1) is 8.66. The van der Waals surface area contributed by atoms with Crippen LogP contribution < -0.4 is 0 Å². The van der Waals surface area contributed by atoms with Gasteiger partial charge in [0.15, 0.2) is 0 Å². The number of hydrogen-bond acceptors (Lipinski definition) is 3. The molecule has 0 aromatic heterocycles. The summed E-state index contributed by atoms with van der Waals surface area (Å²) < 4.78 is 0. The van der Waals surface area contributed by atoms with Crippen molar-refractivity contribution in [1.82, 2.24) is 4.90 Å². The van der Waals surface area contributed by atoms with E-state index in [1.165, 1.54) is 11.1 Å². The second kappa shape index (κ2) is 5.53. The Morgan fingerprint density at radius 2 is 1.83 bits per heavy atom. The van der Waals surface area contributed by atoms with E-state index in [0.29, 0.717) is 0 Å². The van der Waals surface area contributed by atoms with E-state index in [9.17, 15) is 0 Å². The molecule has 18 heavy (non-hydrogen) atoms. The van der Waals surface area contributed by atoms with Gasteiger partial charge in [-0.1, -0.05) is 35.0 Å². The van der Waals surface area contributed by atoms with Gasteiger partial charge in [-0.15, -0.1) is 0 Å². The maximum atomic E-state index is 4.90. The second-order valence-corrected chi connectivity index (χ2v) is 5.24. The predicted molar refractivity (Wildman–Crippen MR) is 75.1 cm³/mol. The van der Waals surface area contributed by atoms with E-state index in [2.05, 4.69) is 48.3 Å². The van der Waals surface area contributed by atoms with Gasteiger partial charge in [0.1, 0.15) is 7.11 Å². The Kier molecular flexibility index (Phi) is 4.02. The zero-order valence-electron chi connectivity index (χ0n) is 11.5. The average Bonchev–Trinajstić information content (AvgIpc) is 2.40. The van der Waals surface area contributed by atoms with Crippen molar-refractivity contribution in [3.63, 3.8) is 0 Å². The van der Waals surface area contributed by atoms with E-state index in [1.54, 1.807) is 7.11 Å². The van der Waals surface area contributed by atoms with Crippen LogP contribution in [0, 0.1) is 6.92 Å². The summed E-state index contributed by atoms with van der Waals surface area (Å²) in [7, 11) is 3.78. The standard InChI is InChI=1S/C15H22N2O/c1-13-4-6-14(7-5-13)15(12-16-18-3)8-10-17(2)11-9-15/h4-7,12H,8-11H2,1-3H3/b16-12+. The number of oxime groups is 1. The van der Waals surface area contributed by atoms with Crippen LogP contribution in [0.4, 0.5) is 0 Å². The Labute approximate surface area is 109 Å². The highest BCUT2D eigenvalue weighted by atomic mass is 16.6. The molecule has 0 N–H and O–H groups in total. The van der Waals surface area contributed by atoms with Gasteiger partial charge >= 0.3 is 0 Å². The summed E-state index contributed by atoms with van der Waals surface area (Å²) in [5.74, 6) is 0. The largest absolute Gasteiger partial charge is 0.399 e. The summed E-state index contributed by atoms with van der Waals surface area (Å²) in [6.45, 7) is 4.32. The molecule has 1 heterocycles. The molecule has 1 aliphatic heterocycles. The molecule has 0 amide bonds. The molecule has 1 aromatic carbocycles. The molecule has 0 saturated carbocycles. The van der Waals surface area contributed by atoms with Gasteiger partial charge < -0.3 is 9.74 Å². The third kappa shape index (κ3) is 2.72. The van der Waals surface area contributed by atoms with Crippen molar-refractivity contribution < 1.29 is 4.84 Å². The Balaban J connectivity index is 2.30. The maximum Gasteiger partial charge on any atom is 0.106 e. The summed E-state index contributed by atoms with van der Waals surface area (Å²) >= 11 is 0. The van der Waals surface area contributed by atoms with E-state index < -0.39 is 0 Å². The first-order valence-electron chi connectivity index (χ1n) is 6.50. The van der Waals surface area contributed by atoms with Crippen molar-refractivity contribution in [2.75, 3.05) is 27.2 Å². The van der Waals surface area contributed by atoms with Gasteiger partial charge in [0.2, 0.25) is 0 Å². The number of benzene rings is 1. The fourth-order valence-electron chi connectivity index (χ4n) is 2.55. The van der Waals surface area contributed by atoms with Crippen molar-refractivity contribution in [3.05, 3.63) is 35.4 Å². The first kappa shape index (κ1) is 13.1. The quantitative estimate of drug-likeness (QED) is 0.605. The van der Waals surface area contributed by atoms with Crippen molar-refractivity contribution in [3.8, 4) is 0 Å². The molecular formula is C15H22N2O. The first-order valence-corrected chi connectivity index (χ1v) is 6.50. The highest BCUT2D eigenvalue weighted by Crippen LogP contribution is 2.33. The van der Waals surface area contributed by atoms with E-state index >= 15 is 0 Å². The minimum atomic E-state index is 0.0379. The third-order valence-corrected chi connectivity index (χ3v) is 3.91. The smallest absolute Gasteiger partial charge is 0.106 e. The van der Waals surface area contributed by atoms with Gasteiger partial charge in [-0.25, -0.2) is 0 Å². The number of rotatable bonds is 3. The molecule has 0 radical (unpaired) electrons. The van der Waals surface area contributed by atoms with E-state index in [-0.39, 0.29) is 5.41 Å². The second-order valence-electron chi connectivity index (χ2n) is 5.24. The van der Waals surface area contributed by atoms with Gasteiger partial charge in [0, 0.05) is 5.41 Å². The Morgan fingerprint density at radius 3 is 2.39 bits per heavy atom. The highest BCUT2D eigenvalue weighted by molar-refractivity contribution is 5.73. The molecule has 1 aromatic rings. The molecular weight excluding hydrogens is 224 g/mol. The van der Waals surface area contributed by atoms with Crippen molar-refractivity contribution in [2.24, 2.45) is 5.16 Å². The van der Waals surface area contributed by atoms with E-state index in [1.807, 2.05) is 6.21 Å². The zero-order chi connectivity index (χ0) is 13.0. The normalized spacial score (nSPS) is 20.2. The summed E-state index contributed by atoms with van der Waals surface area (Å²) in [5.41, 5.74) is 2.68. The summed E-state index contributed by atoms with van der Waals surface area (Å²) in [5, 5.41) is 4.05. The van der Waals surface area contributed by atoms with Crippen LogP contribution in [0.5, 0.6) is 0 Å². The highest BCUT2D eigenvalue weighted by Gasteiger charge is 2.34. The van der Waals surface area contributed by atoms with Gasteiger partial charge in [0.25, 0.3) is 0 Å². The monoisotopic (exact) mass is 246 g/mol. The van der Waals surface area contributed by atoms with Crippen molar-refractivity contribution >= 4 is 6.21 Å². The topological polar surface area (TPSA) is 24.8 Å². The summed E-state index contributed by atoms with van der Waals surface area (Å²) in [4.78, 5) is 7.27. The molecule has 3 heteroatoms. The van der Waals surface area contributed by atoms with Gasteiger partial charge in [0.05, 0.1) is 6.21 Å². The Morgan fingerprint density at radius 1 is 1.22 bits per heavy atom. The molecule has 0 atom stereocenters. The van der Waals surface area contributed by atoms with Crippen molar-refractivity contribution in [1.29, 1.82) is 0 Å². The fraction of sp³-hybridized carbons (Fsp3) is 0.533. The molecule has 98 valence electrons. The summed E-state index contributed by atoms with van der Waals surface area (Å²) in [6, 6.07) is 8.80. The molecule has 1 fully saturated rings. The minimum absolute atomic E-state index is 0.0379.